The number of aryl methyl sites for hydroxylation is 1. The minimum Gasteiger partial charge on any atom is -0.354 e. The molecule has 1 heterocycles. The first kappa shape index (κ1) is 18.1. The number of nitrogens with one attached hydrogen (secondary N) is 1. The number of nitrogens with zero attached hydrogens (tertiary/aromatic N) is 1. The predicted octanol–water partition coefficient (Wildman–Crippen LogP) is 3.44. The minimum atomic E-state index is -0.0294. The van der Waals surface area contributed by atoms with E-state index in [0.717, 1.165) is 31.4 Å². The molecule has 0 atom stereocenters. The van der Waals surface area contributed by atoms with Crippen molar-refractivity contribution < 1.29 is 9.59 Å². The highest BCUT2D eigenvalue weighted by Crippen LogP contribution is 2.22. The summed E-state index contributed by atoms with van der Waals surface area (Å²) in [6.07, 6.45) is 4.71. The Morgan fingerprint density at radius 2 is 2.04 bits per heavy atom. The SMILES string of the molecule is O=C(CCc1ccc(Cl)cc1Cl)NCCN1CCCCCC1=O. The first-order valence-corrected chi connectivity index (χ1v) is 8.80. The second-order valence-electron chi connectivity index (χ2n) is 5.78. The maximum atomic E-state index is 11.9. The zero-order valence-electron chi connectivity index (χ0n) is 13.1. The number of rotatable bonds is 6. The molecule has 0 bridgehead atoms. The van der Waals surface area contributed by atoms with Gasteiger partial charge in [-0.3, -0.25) is 9.59 Å². The molecule has 6 heteroatoms. The average Bonchev–Trinajstić information content (AvgIpc) is 2.71. The number of benzene rings is 1. The van der Waals surface area contributed by atoms with Crippen molar-refractivity contribution in [2.45, 2.75) is 38.5 Å². The van der Waals surface area contributed by atoms with E-state index < -0.39 is 0 Å². The molecule has 4 nitrogen and oxygen atoms in total. The van der Waals surface area contributed by atoms with Gasteiger partial charge in [-0.15, -0.1) is 0 Å². The molecule has 1 aliphatic heterocycles. The summed E-state index contributed by atoms with van der Waals surface area (Å²) < 4.78 is 0. The van der Waals surface area contributed by atoms with Gasteiger partial charge < -0.3 is 10.2 Å². The van der Waals surface area contributed by atoms with Crippen molar-refractivity contribution in [2.24, 2.45) is 0 Å². The van der Waals surface area contributed by atoms with E-state index in [1.54, 1.807) is 12.1 Å². The molecular weight excluding hydrogens is 335 g/mol. The van der Waals surface area contributed by atoms with Crippen molar-refractivity contribution in [1.29, 1.82) is 0 Å². The van der Waals surface area contributed by atoms with Crippen LogP contribution in [0.1, 0.15) is 37.7 Å². The molecule has 1 saturated heterocycles. The van der Waals surface area contributed by atoms with Crippen LogP contribution in [0.3, 0.4) is 0 Å². The van der Waals surface area contributed by atoms with E-state index in [4.69, 9.17) is 23.2 Å². The quantitative estimate of drug-likeness (QED) is 0.848. The van der Waals surface area contributed by atoms with Crippen LogP contribution in [0.5, 0.6) is 0 Å². The van der Waals surface area contributed by atoms with Crippen LogP contribution >= 0.6 is 23.2 Å². The zero-order chi connectivity index (χ0) is 16.7. The van der Waals surface area contributed by atoms with Gasteiger partial charge in [0.25, 0.3) is 0 Å². The average molecular weight is 357 g/mol. The summed E-state index contributed by atoms with van der Waals surface area (Å²) in [7, 11) is 0. The van der Waals surface area contributed by atoms with Gasteiger partial charge >= 0.3 is 0 Å². The first-order valence-electron chi connectivity index (χ1n) is 8.04. The fraction of sp³-hybridized carbons (Fsp3) is 0.529. The highest BCUT2D eigenvalue weighted by Gasteiger charge is 2.16. The van der Waals surface area contributed by atoms with Gasteiger partial charge in [0.2, 0.25) is 11.8 Å². The maximum absolute atomic E-state index is 11.9. The molecule has 2 rings (SSSR count). The Morgan fingerprint density at radius 3 is 2.83 bits per heavy atom. The summed E-state index contributed by atoms with van der Waals surface area (Å²) in [6, 6.07) is 5.29. The van der Waals surface area contributed by atoms with E-state index in [1.807, 2.05) is 11.0 Å². The summed E-state index contributed by atoms with van der Waals surface area (Å²) in [5.74, 6) is 0.169. The molecule has 1 aromatic carbocycles. The van der Waals surface area contributed by atoms with E-state index in [9.17, 15) is 9.59 Å². The number of carbonyl (C=O) groups is 2. The van der Waals surface area contributed by atoms with Gasteiger partial charge in [0.05, 0.1) is 0 Å². The Kier molecular flexibility index (Phi) is 7.18. The van der Waals surface area contributed by atoms with Crippen molar-refractivity contribution in [3.05, 3.63) is 33.8 Å². The summed E-state index contributed by atoms with van der Waals surface area (Å²) in [5.41, 5.74) is 0.911. The van der Waals surface area contributed by atoms with E-state index in [1.165, 1.54) is 0 Å². The van der Waals surface area contributed by atoms with Gasteiger partial charge in [-0.25, -0.2) is 0 Å². The van der Waals surface area contributed by atoms with Crippen molar-refractivity contribution >= 4 is 35.0 Å². The fourth-order valence-electron chi connectivity index (χ4n) is 2.67. The van der Waals surface area contributed by atoms with Crippen molar-refractivity contribution in [3.63, 3.8) is 0 Å². The monoisotopic (exact) mass is 356 g/mol. The zero-order valence-corrected chi connectivity index (χ0v) is 14.6. The number of carbonyl (C=O) groups excluding carboxylic acids is 2. The van der Waals surface area contributed by atoms with Crippen LogP contribution in [-0.4, -0.2) is 36.3 Å². The van der Waals surface area contributed by atoms with Crippen LogP contribution in [0.15, 0.2) is 18.2 Å². The van der Waals surface area contributed by atoms with E-state index in [2.05, 4.69) is 5.32 Å². The minimum absolute atomic E-state index is 0.0294. The van der Waals surface area contributed by atoms with Crippen molar-refractivity contribution in [3.8, 4) is 0 Å². The molecule has 23 heavy (non-hydrogen) atoms. The van der Waals surface area contributed by atoms with E-state index in [-0.39, 0.29) is 11.8 Å². The number of halogens is 2. The second-order valence-corrected chi connectivity index (χ2v) is 6.62. The predicted molar refractivity (Wildman–Crippen MR) is 92.8 cm³/mol. The first-order chi connectivity index (χ1) is 11.1. The van der Waals surface area contributed by atoms with Crippen LogP contribution in [-0.2, 0) is 16.0 Å². The molecular formula is C17H22Cl2N2O2. The molecule has 1 N–H and O–H groups in total. The summed E-state index contributed by atoms with van der Waals surface area (Å²) in [4.78, 5) is 25.6. The summed E-state index contributed by atoms with van der Waals surface area (Å²) in [6.45, 7) is 1.89. The molecule has 1 aromatic rings. The molecule has 0 aliphatic carbocycles. The summed E-state index contributed by atoms with van der Waals surface area (Å²) >= 11 is 11.9. The van der Waals surface area contributed by atoms with E-state index in [0.29, 0.717) is 42.4 Å². The van der Waals surface area contributed by atoms with Gasteiger partial charge in [0, 0.05) is 42.5 Å². The molecule has 0 radical (unpaired) electrons. The summed E-state index contributed by atoms with van der Waals surface area (Å²) in [5, 5.41) is 4.04. The third-order valence-corrected chi connectivity index (χ3v) is 4.60. The lowest BCUT2D eigenvalue weighted by molar-refractivity contribution is -0.131. The highest BCUT2D eigenvalue weighted by atomic mass is 35.5. The van der Waals surface area contributed by atoms with Crippen molar-refractivity contribution in [2.75, 3.05) is 19.6 Å². The topological polar surface area (TPSA) is 49.4 Å². The van der Waals surface area contributed by atoms with E-state index >= 15 is 0 Å². The molecule has 0 saturated carbocycles. The van der Waals surface area contributed by atoms with Crippen LogP contribution in [0.25, 0.3) is 0 Å². The smallest absolute Gasteiger partial charge is 0.222 e. The third kappa shape index (κ3) is 6.04. The highest BCUT2D eigenvalue weighted by molar-refractivity contribution is 6.35. The molecule has 2 amide bonds. The molecule has 126 valence electrons. The molecule has 1 aliphatic rings. The maximum Gasteiger partial charge on any atom is 0.222 e. The second kappa shape index (κ2) is 9.14. The van der Waals surface area contributed by atoms with Gasteiger partial charge in [0.15, 0.2) is 0 Å². The van der Waals surface area contributed by atoms with Crippen molar-refractivity contribution in [1.82, 2.24) is 10.2 Å². The van der Waals surface area contributed by atoms with Gasteiger partial charge in [-0.05, 0) is 37.0 Å². The number of amides is 2. The molecule has 0 aromatic heterocycles. The Hall–Kier alpha value is -1.26. The Balaban J connectivity index is 1.69. The molecule has 0 unspecified atom stereocenters. The normalized spacial score (nSPS) is 15.4. The largest absolute Gasteiger partial charge is 0.354 e. The Morgan fingerprint density at radius 1 is 1.22 bits per heavy atom. The van der Waals surface area contributed by atoms with Crippen LogP contribution in [0.2, 0.25) is 10.0 Å². The third-order valence-electron chi connectivity index (χ3n) is 4.01. The van der Waals surface area contributed by atoms with Crippen LogP contribution in [0, 0.1) is 0 Å². The Labute approximate surface area is 147 Å². The number of hydrogen-bond acceptors (Lipinski definition) is 2. The van der Waals surface area contributed by atoms with Crippen LogP contribution in [0.4, 0.5) is 0 Å². The number of hydrogen-bond donors (Lipinski definition) is 1. The molecule has 0 spiro atoms. The number of likely N-dealkylation sites (tertiary alicyclic amines) is 1. The fourth-order valence-corrected chi connectivity index (χ4v) is 3.17. The van der Waals surface area contributed by atoms with Gasteiger partial charge in [-0.1, -0.05) is 35.7 Å². The molecule has 1 fully saturated rings. The lowest BCUT2D eigenvalue weighted by atomic mass is 10.1. The standard InChI is InChI=1S/C17H22Cl2N2O2/c18-14-7-5-13(15(19)12-14)6-8-16(22)20-9-11-21-10-3-1-2-4-17(21)23/h5,7,12H,1-4,6,8-11H2,(H,20,22). The lowest BCUT2D eigenvalue weighted by Crippen LogP contribution is -2.38. The lowest BCUT2D eigenvalue weighted by Gasteiger charge is -2.20. The van der Waals surface area contributed by atoms with Crippen LogP contribution < -0.4 is 5.32 Å². The van der Waals surface area contributed by atoms with Gasteiger partial charge in [-0.2, -0.15) is 0 Å². The Bertz CT molecular complexity index is 564. The van der Waals surface area contributed by atoms with Gasteiger partial charge in [0.1, 0.15) is 0 Å².